The molecule has 1 unspecified atom stereocenters. The number of esters is 2. The average Bonchev–Trinajstić information content (AvgIpc) is 3.92. The van der Waals surface area contributed by atoms with Gasteiger partial charge in [0.25, 0.3) is 5.78 Å². The summed E-state index contributed by atoms with van der Waals surface area (Å²) in [5.74, 6) is 0.970. The number of hydrogen-bond donors (Lipinski definition) is 2. The van der Waals surface area contributed by atoms with Crippen LogP contribution in [0.2, 0.25) is 20.1 Å². The first-order valence-corrected chi connectivity index (χ1v) is 20.1. The van der Waals surface area contributed by atoms with Crippen molar-refractivity contribution < 1.29 is 37.4 Å². The molecule has 3 N–H and O–H groups in total. The number of rotatable bonds is 9. The fourth-order valence-corrected chi connectivity index (χ4v) is 7.32. The first kappa shape index (κ1) is 45.7. The maximum absolute atomic E-state index is 13.3. The van der Waals surface area contributed by atoms with Gasteiger partial charge < -0.3 is 14.9 Å². The topological polar surface area (TPSA) is 143 Å². The number of ether oxygens (including phenoxy) is 2. The Morgan fingerprint density at radius 2 is 1.35 bits per heavy atom. The first-order valence-electron chi connectivity index (χ1n) is 18.6. The van der Waals surface area contributed by atoms with Crippen LogP contribution in [0.4, 0.5) is 14.5 Å². The molecule has 4 aromatic carbocycles. The van der Waals surface area contributed by atoms with Crippen molar-refractivity contribution >= 4 is 93.3 Å². The third kappa shape index (κ3) is 11.5. The molecule has 1 atom stereocenters. The van der Waals surface area contributed by atoms with E-state index >= 15 is 0 Å². The summed E-state index contributed by atoms with van der Waals surface area (Å²) in [7, 11) is 0. The second-order valence-electron chi connectivity index (χ2n) is 13.2. The molecule has 0 bridgehead atoms. The number of halogens is 6. The molecule has 1 fully saturated rings. The summed E-state index contributed by atoms with van der Waals surface area (Å²) in [4.78, 5) is 47.8. The number of benzene rings is 4. The lowest BCUT2D eigenvalue weighted by Crippen LogP contribution is -2.28. The van der Waals surface area contributed by atoms with Gasteiger partial charge in [0.1, 0.15) is 11.6 Å². The molecule has 16 heteroatoms. The zero-order chi connectivity index (χ0) is 43.5. The van der Waals surface area contributed by atoms with Gasteiger partial charge in [-0.1, -0.05) is 70.7 Å². The number of fused-ring (bicyclic) bond motifs is 1. The highest BCUT2D eigenvalue weighted by Gasteiger charge is 2.38. The van der Waals surface area contributed by atoms with Gasteiger partial charge in [0.2, 0.25) is 0 Å². The lowest BCUT2D eigenvalue weighted by Gasteiger charge is -2.10. The molecule has 60 heavy (non-hydrogen) atoms. The van der Waals surface area contributed by atoms with Gasteiger partial charge in [-0.25, -0.2) is 23.1 Å². The van der Waals surface area contributed by atoms with Crippen molar-refractivity contribution in [3.63, 3.8) is 0 Å². The summed E-state index contributed by atoms with van der Waals surface area (Å²) < 4.78 is 37.6. The van der Waals surface area contributed by atoms with Crippen molar-refractivity contribution in [2.24, 2.45) is 11.8 Å². The third-order valence-electron chi connectivity index (χ3n) is 9.18. The van der Waals surface area contributed by atoms with E-state index in [1.807, 2.05) is 6.08 Å². The van der Waals surface area contributed by atoms with Crippen LogP contribution >= 0.6 is 46.4 Å². The number of hydrogen-bond acceptors (Lipinski definition) is 9. The van der Waals surface area contributed by atoms with Gasteiger partial charge in [-0.15, -0.1) is 0 Å². The molecule has 1 heterocycles. The Morgan fingerprint density at radius 1 is 0.783 bits per heavy atom. The molecule has 2 aliphatic carbocycles. The Hall–Kier alpha value is -5.37. The second kappa shape index (κ2) is 21.2. The number of carbonyl (C=O) groups excluding carboxylic acids is 4. The van der Waals surface area contributed by atoms with Gasteiger partial charge in [-0.05, 0) is 135 Å². The number of allylic oxidation sites excluding steroid dienone is 2. The highest BCUT2D eigenvalue weighted by Crippen LogP contribution is 2.39. The van der Waals surface area contributed by atoms with E-state index in [4.69, 9.17) is 57.0 Å². The molecule has 312 valence electrons. The van der Waals surface area contributed by atoms with Crippen molar-refractivity contribution in [2.45, 2.75) is 39.5 Å². The van der Waals surface area contributed by atoms with Crippen molar-refractivity contribution in [3.05, 3.63) is 150 Å². The predicted molar refractivity (Wildman–Crippen MR) is 230 cm³/mol. The summed E-state index contributed by atoms with van der Waals surface area (Å²) in [5, 5.41) is 6.59. The molecule has 0 radical (unpaired) electrons. The normalized spacial score (nSPS) is 15.4. The number of nitrogens with zero attached hydrogens (tertiary/aromatic N) is 2. The maximum atomic E-state index is 13.3. The van der Waals surface area contributed by atoms with Crippen LogP contribution in [-0.4, -0.2) is 46.5 Å². The minimum absolute atomic E-state index is 0.101. The fraction of sp³-hybridized carbons (Fsp3) is 0.205. The van der Waals surface area contributed by atoms with E-state index < -0.39 is 23.6 Å². The van der Waals surface area contributed by atoms with Crippen molar-refractivity contribution in [1.82, 2.24) is 9.78 Å². The highest BCUT2D eigenvalue weighted by molar-refractivity contribution is 6.40. The van der Waals surface area contributed by atoms with E-state index in [9.17, 15) is 28.0 Å². The molecule has 7 rings (SSSR count). The molecule has 0 aliphatic heterocycles. The van der Waals surface area contributed by atoms with Gasteiger partial charge in [-0.2, -0.15) is 5.10 Å². The Balaban J connectivity index is 0.000000192. The summed E-state index contributed by atoms with van der Waals surface area (Å²) >= 11 is 23.8. The molecule has 5 aromatic rings. The van der Waals surface area contributed by atoms with E-state index in [2.05, 4.69) is 15.3 Å². The van der Waals surface area contributed by atoms with Crippen LogP contribution in [0.1, 0.15) is 66.0 Å². The van der Waals surface area contributed by atoms with Crippen LogP contribution in [0.25, 0.3) is 23.4 Å². The van der Waals surface area contributed by atoms with Gasteiger partial charge in [0, 0.05) is 15.6 Å². The summed E-state index contributed by atoms with van der Waals surface area (Å²) in [6.45, 7) is 3.72. The zero-order valence-electron chi connectivity index (χ0n) is 32.2. The molecule has 10 nitrogen and oxygen atoms in total. The number of nitrogen functional groups attached to an aromatic ring is 1. The lowest BCUT2D eigenvalue weighted by molar-refractivity contribution is -0.156. The minimum atomic E-state index is -0.959. The van der Waals surface area contributed by atoms with Crippen LogP contribution in [0.15, 0.2) is 90.5 Å². The highest BCUT2D eigenvalue weighted by atomic mass is 35.5. The average molecular weight is 899 g/mol. The van der Waals surface area contributed by atoms with Gasteiger partial charge in [0.05, 0.1) is 46.2 Å². The Morgan fingerprint density at radius 3 is 1.90 bits per heavy atom. The molecule has 1 saturated carbocycles. The SMILES string of the molecule is CCOC(=O)C(=O)C1CC/C(=C\c2ccc(F)cc2)C1=O.CCOC(=O)c1nn(-c2ccc(Cl)cc2Cl)c2c1CC/C2=C\c1ccc(F)cc1.NNc1ccc(Cl)cc1Cl. The van der Waals surface area contributed by atoms with E-state index in [0.717, 1.165) is 28.8 Å². The number of nitrogens with one attached hydrogen (secondary N) is 1. The second-order valence-corrected chi connectivity index (χ2v) is 14.8. The van der Waals surface area contributed by atoms with Crippen LogP contribution in [-0.2, 0) is 30.3 Å². The molecule has 0 amide bonds. The summed E-state index contributed by atoms with van der Waals surface area (Å²) in [6.07, 6.45) is 5.71. The van der Waals surface area contributed by atoms with Crippen molar-refractivity contribution in [2.75, 3.05) is 18.6 Å². The van der Waals surface area contributed by atoms with E-state index in [1.54, 1.807) is 85.3 Å². The van der Waals surface area contributed by atoms with Crippen LogP contribution < -0.4 is 11.3 Å². The Labute approximate surface area is 364 Å². The summed E-state index contributed by atoms with van der Waals surface area (Å²) in [5.41, 5.74) is 8.65. The van der Waals surface area contributed by atoms with Crippen LogP contribution in [0, 0.1) is 17.6 Å². The number of Topliss-reactive ketones (excluding diaryl/α,β-unsaturated/α-hetero) is 2. The number of anilines is 1. The van der Waals surface area contributed by atoms with E-state index in [-0.39, 0.29) is 36.3 Å². The maximum Gasteiger partial charge on any atom is 0.375 e. The van der Waals surface area contributed by atoms with E-state index in [0.29, 0.717) is 61.9 Å². The standard InChI is InChI=1S/C22H17Cl2FN2O2.C16H15FO4.C6H6Cl2N2/c1-2-29-22(28)20-17-9-5-14(11-13-3-7-16(25)8-4-13)21(17)27(26-20)19-10-6-15(23)12-18(19)24;1-2-21-16(20)15(19)13-8-5-11(14(13)18)9-10-3-6-12(17)7-4-10;7-4-1-2-6(10-9)5(8)3-4/h3-4,6-8,10-12H,2,5,9H2,1H3;3-4,6-7,9,13H,2,5,8H2,1H3;1-3,10H,9H2/b14-11+;11-9+;. The van der Waals surface area contributed by atoms with Crippen LogP contribution in [0.5, 0.6) is 0 Å². The van der Waals surface area contributed by atoms with Crippen molar-refractivity contribution in [3.8, 4) is 5.69 Å². The molecule has 0 spiro atoms. The van der Waals surface area contributed by atoms with Crippen molar-refractivity contribution in [1.29, 1.82) is 0 Å². The van der Waals surface area contributed by atoms with Crippen LogP contribution in [0.3, 0.4) is 0 Å². The minimum Gasteiger partial charge on any atom is -0.461 e. The third-order valence-corrected chi connectivity index (χ3v) is 10.3. The Kier molecular flexibility index (Phi) is 16.2. The lowest BCUT2D eigenvalue weighted by atomic mass is 10.0. The Bertz CT molecular complexity index is 2450. The molecule has 0 saturated heterocycles. The predicted octanol–water partition coefficient (Wildman–Crippen LogP) is 10.6. The number of hydrazine groups is 1. The molecular weight excluding hydrogens is 860 g/mol. The first-order chi connectivity index (χ1) is 28.7. The van der Waals surface area contributed by atoms with E-state index in [1.165, 1.54) is 24.3 Å². The number of carbonyl (C=O) groups is 4. The number of ketones is 2. The zero-order valence-corrected chi connectivity index (χ0v) is 35.3. The van der Waals surface area contributed by atoms with Gasteiger partial charge in [0.15, 0.2) is 11.5 Å². The van der Waals surface area contributed by atoms with Gasteiger partial charge >= 0.3 is 11.9 Å². The molecular formula is C44H38Cl4F2N4O6. The summed E-state index contributed by atoms with van der Waals surface area (Å²) in [6, 6.07) is 22.1. The number of nitrogens with two attached hydrogens (primary N) is 1. The quantitative estimate of drug-likeness (QED) is 0.0369. The van der Waals surface area contributed by atoms with Gasteiger partial charge in [-0.3, -0.25) is 15.4 Å². The fourth-order valence-electron chi connectivity index (χ4n) is 6.37. The monoisotopic (exact) mass is 896 g/mol. The molecule has 2 aliphatic rings. The smallest absolute Gasteiger partial charge is 0.375 e. The largest absolute Gasteiger partial charge is 0.461 e. The molecule has 1 aromatic heterocycles. The number of aromatic nitrogens is 2.